The van der Waals surface area contributed by atoms with Gasteiger partial charge in [-0.3, -0.25) is 9.59 Å². The van der Waals surface area contributed by atoms with Crippen LogP contribution in [-0.4, -0.2) is 37.3 Å². The van der Waals surface area contributed by atoms with Gasteiger partial charge in [0.2, 0.25) is 17.0 Å². The zero-order chi connectivity index (χ0) is 16.1. The van der Waals surface area contributed by atoms with Crippen molar-refractivity contribution in [3.63, 3.8) is 0 Å². The molecule has 0 saturated heterocycles. The highest BCUT2D eigenvalue weighted by Crippen LogP contribution is 2.21. The van der Waals surface area contributed by atoms with E-state index >= 15 is 0 Å². The fourth-order valence-corrected chi connectivity index (χ4v) is 2.37. The van der Waals surface area contributed by atoms with Crippen LogP contribution in [0.15, 0.2) is 29.4 Å². The molecule has 0 aliphatic heterocycles. The SMILES string of the molecule is CC(=O)Nc1ccc(NC(=O)[C@@H](C)Sc2nnnn2C)cc1. The highest BCUT2D eigenvalue weighted by atomic mass is 32.2. The number of anilines is 2. The van der Waals surface area contributed by atoms with E-state index in [1.54, 1.807) is 38.2 Å². The van der Waals surface area contributed by atoms with Crippen molar-refractivity contribution in [1.82, 2.24) is 20.2 Å². The average molecular weight is 320 g/mol. The fourth-order valence-electron chi connectivity index (χ4n) is 1.62. The van der Waals surface area contributed by atoms with Crippen LogP contribution in [0.4, 0.5) is 11.4 Å². The van der Waals surface area contributed by atoms with Crippen LogP contribution in [0.25, 0.3) is 0 Å². The van der Waals surface area contributed by atoms with Crippen molar-refractivity contribution in [2.45, 2.75) is 24.3 Å². The van der Waals surface area contributed by atoms with Gasteiger partial charge in [-0.1, -0.05) is 11.8 Å². The maximum Gasteiger partial charge on any atom is 0.237 e. The third kappa shape index (κ3) is 4.29. The number of benzene rings is 1. The Morgan fingerprint density at radius 2 is 1.77 bits per heavy atom. The Kier molecular flexibility index (Phi) is 5.10. The predicted octanol–water partition coefficient (Wildman–Crippen LogP) is 1.29. The van der Waals surface area contributed by atoms with Gasteiger partial charge in [-0.25, -0.2) is 4.68 Å². The Balaban J connectivity index is 1.93. The van der Waals surface area contributed by atoms with E-state index in [0.29, 0.717) is 16.5 Å². The molecular formula is C13H16N6O2S. The van der Waals surface area contributed by atoms with Crippen LogP contribution in [0.2, 0.25) is 0 Å². The maximum absolute atomic E-state index is 12.1. The summed E-state index contributed by atoms with van der Waals surface area (Å²) in [6.07, 6.45) is 0. The molecule has 1 aromatic carbocycles. The summed E-state index contributed by atoms with van der Waals surface area (Å²) >= 11 is 1.27. The van der Waals surface area contributed by atoms with Gasteiger partial charge in [0, 0.05) is 25.3 Å². The number of nitrogens with zero attached hydrogens (tertiary/aromatic N) is 4. The molecule has 2 N–H and O–H groups in total. The number of rotatable bonds is 5. The van der Waals surface area contributed by atoms with Gasteiger partial charge in [-0.15, -0.1) is 5.10 Å². The van der Waals surface area contributed by atoms with Gasteiger partial charge in [0.05, 0.1) is 5.25 Å². The highest BCUT2D eigenvalue weighted by molar-refractivity contribution is 8.00. The monoisotopic (exact) mass is 320 g/mol. The summed E-state index contributed by atoms with van der Waals surface area (Å²) in [6, 6.07) is 6.90. The lowest BCUT2D eigenvalue weighted by Crippen LogP contribution is -2.22. The van der Waals surface area contributed by atoms with E-state index in [1.165, 1.54) is 23.4 Å². The quantitative estimate of drug-likeness (QED) is 0.805. The minimum absolute atomic E-state index is 0.140. The van der Waals surface area contributed by atoms with Crippen molar-refractivity contribution in [3.8, 4) is 0 Å². The normalized spacial score (nSPS) is 11.8. The average Bonchev–Trinajstić information content (AvgIpc) is 2.86. The largest absolute Gasteiger partial charge is 0.326 e. The number of aromatic nitrogens is 4. The van der Waals surface area contributed by atoms with Crippen molar-refractivity contribution < 1.29 is 9.59 Å². The Bertz CT molecular complexity index is 669. The summed E-state index contributed by atoms with van der Waals surface area (Å²) < 4.78 is 1.51. The first kappa shape index (κ1) is 16.0. The summed E-state index contributed by atoms with van der Waals surface area (Å²) in [7, 11) is 1.72. The Hall–Kier alpha value is -2.42. The zero-order valence-corrected chi connectivity index (χ0v) is 13.2. The van der Waals surface area contributed by atoms with Crippen LogP contribution in [0, 0.1) is 0 Å². The summed E-state index contributed by atoms with van der Waals surface area (Å²) in [6.45, 7) is 3.22. The molecule has 2 aromatic rings. The van der Waals surface area contributed by atoms with E-state index in [2.05, 4.69) is 26.2 Å². The van der Waals surface area contributed by atoms with Crippen molar-refractivity contribution in [2.24, 2.45) is 7.05 Å². The summed E-state index contributed by atoms with van der Waals surface area (Å²) in [5.74, 6) is -0.292. The lowest BCUT2D eigenvalue weighted by atomic mass is 10.2. The number of aryl methyl sites for hydroxylation is 1. The van der Waals surface area contributed by atoms with Crippen molar-refractivity contribution in [2.75, 3.05) is 10.6 Å². The van der Waals surface area contributed by atoms with Crippen LogP contribution >= 0.6 is 11.8 Å². The number of thioether (sulfide) groups is 1. The Morgan fingerprint density at radius 1 is 1.18 bits per heavy atom. The van der Waals surface area contributed by atoms with E-state index < -0.39 is 0 Å². The molecule has 9 heteroatoms. The molecule has 2 amide bonds. The molecular weight excluding hydrogens is 304 g/mol. The number of hydrogen-bond acceptors (Lipinski definition) is 6. The van der Waals surface area contributed by atoms with Gasteiger partial charge in [0.25, 0.3) is 0 Å². The first-order chi connectivity index (χ1) is 10.5. The van der Waals surface area contributed by atoms with E-state index in [0.717, 1.165) is 0 Å². The number of carbonyl (C=O) groups is 2. The molecule has 8 nitrogen and oxygen atoms in total. The minimum atomic E-state index is -0.347. The first-order valence-corrected chi connectivity index (χ1v) is 7.41. The lowest BCUT2D eigenvalue weighted by Gasteiger charge is -2.11. The molecule has 0 fully saturated rings. The van der Waals surface area contributed by atoms with Crippen LogP contribution in [0.1, 0.15) is 13.8 Å². The zero-order valence-electron chi connectivity index (χ0n) is 12.4. The molecule has 22 heavy (non-hydrogen) atoms. The molecule has 2 rings (SSSR count). The van der Waals surface area contributed by atoms with Gasteiger partial charge in [0.1, 0.15) is 0 Å². The van der Waals surface area contributed by atoms with Gasteiger partial charge < -0.3 is 10.6 Å². The maximum atomic E-state index is 12.1. The van der Waals surface area contributed by atoms with Gasteiger partial charge >= 0.3 is 0 Å². The molecule has 1 aromatic heterocycles. The van der Waals surface area contributed by atoms with E-state index in [9.17, 15) is 9.59 Å². The second kappa shape index (κ2) is 7.03. The lowest BCUT2D eigenvalue weighted by molar-refractivity contribution is -0.115. The minimum Gasteiger partial charge on any atom is -0.326 e. The second-order valence-electron chi connectivity index (χ2n) is 4.59. The van der Waals surface area contributed by atoms with Crippen molar-refractivity contribution in [3.05, 3.63) is 24.3 Å². The van der Waals surface area contributed by atoms with Crippen LogP contribution < -0.4 is 10.6 Å². The van der Waals surface area contributed by atoms with E-state index in [4.69, 9.17) is 0 Å². The molecule has 0 aliphatic rings. The van der Waals surface area contributed by atoms with Crippen molar-refractivity contribution in [1.29, 1.82) is 0 Å². The molecule has 1 heterocycles. The number of carbonyl (C=O) groups excluding carboxylic acids is 2. The summed E-state index contributed by atoms with van der Waals surface area (Å²) in [5.41, 5.74) is 1.33. The third-order valence-electron chi connectivity index (χ3n) is 2.71. The third-order valence-corrected chi connectivity index (χ3v) is 3.83. The number of tetrazole rings is 1. The molecule has 0 aliphatic carbocycles. The first-order valence-electron chi connectivity index (χ1n) is 6.53. The molecule has 0 unspecified atom stereocenters. The standard InChI is InChI=1S/C13H16N6O2S/c1-8(22-13-16-17-18-19(13)3)12(21)15-11-6-4-10(5-7-11)14-9(2)20/h4-8H,1-3H3,(H,14,20)(H,15,21)/t8-/m1/s1. The summed E-state index contributed by atoms with van der Waals surface area (Å²) in [5, 5.41) is 16.8. The Morgan fingerprint density at radius 3 is 2.27 bits per heavy atom. The van der Waals surface area contributed by atoms with E-state index in [-0.39, 0.29) is 17.1 Å². The predicted molar refractivity (Wildman–Crippen MR) is 83.5 cm³/mol. The topological polar surface area (TPSA) is 102 Å². The molecule has 0 spiro atoms. The van der Waals surface area contributed by atoms with Crippen LogP contribution in [-0.2, 0) is 16.6 Å². The summed E-state index contributed by atoms with van der Waals surface area (Å²) in [4.78, 5) is 23.1. The smallest absolute Gasteiger partial charge is 0.237 e. The van der Waals surface area contributed by atoms with Gasteiger partial charge in [0.15, 0.2) is 0 Å². The van der Waals surface area contributed by atoms with E-state index in [1.807, 2.05) is 0 Å². The van der Waals surface area contributed by atoms with Crippen molar-refractivity contribution >= 4 is 35.0 Å². The fraction of sp³-hybridized carbons (Fsp3) is 0.308. The molecule has 0 radical (unpaired) electrons. The Labute approximate surface area is 131 Å². The van der Waals surface area contributed by atoms with Gasteiger partial charge in [-0.05, 0) is 41.6 Å². The van der Waals surface area contributed by atoms with Crippen LogP contribution in [0.3, 0.4) is 0 Å². The highest BCUT2D eigenvalue weighted by Gasteiger charge is 2.17. The second-order valence-corrected chi connectivity index (χ2v) is 5.90. The van der Waals surface area contributed by atoms with Crippen LogP contribution in [0.5, 0.6) is 0 Å². The molecule has 116 valence electrons. The molecule has 1 atom stereocenters. The number of amides is 2. The number of hydrogen-bond donors (Lipinski definition) is 2. The molecule has 0 bridgehead atoms. The molecule has 0 saturated carbocycles. The number of nitrogens with one attached hydrogen (secondary N) is 2. The van der Waals surface area contributed by atoms with Gasteiger partial charge in [-0.2, -0.15) is 0 Å².